The molecule has 1 N–H and O–H groups in total. The zero-order valence-corrected chi connectivity index (χ0v) is 16.0. The molecular weight excluding hydrogens is 391 g/mol. The van der Waals surface area contributed by atoms with Crippen LogP contribution in [-0.2, 0) is 16.2 Å². The van der Waals surface area contributed by atoms with Gasteiger partial charge in [0.15, 0.2) is 0 Å². The predicted octanol–water partition coefficient (Wildman–Crippen LogP) is 4.40. The zero-order chi connectivity index (χ0) is 20.4. The van der Waals surface area contributed by atoms with Gasteiger partial charge in [-0.1, -0.05) is 23.8 Å². The molecule has 150 valence electrons. The van der Waals surface area contributed by atoms with Crippen LogP contribution in [0.5, 0.6) is 0 Å². The van der Waals surface area contributed by atoms with Crippen LogP contribution in [0.4, 0.5) is 13.2 Å². The largest absolute Gasteiger partial charge is 0.433 e. The van der Waals surface area contributed by atoms with E-state index in [9.17, 15) is 21.6 Å². The van der Waals surface area contributed by atoms with Crippen LogP contribution in [0.3, 0.4) is 0 Å². The van der Waals surface area contributed by atoms with Crippen LogP contribution < -0.4 is 4.83 Å². The predicted molar refractivity (Wildman–Crippen MR) is 99.4 cm³/mol. The van der Waals surface area contributed by atoms with Crippen LogP contribution in [-0.4, -0.2) is 19.1 Å². The maximum atomic E-state index is 12.6. The van der Waals surface area contributed by atoms with Gasteiger partial charge < -0.3 is 0 Å². The van der Waals surface area contributed by atoms with Crippen molar-refractivity contribution in [2.45, 2.75) is 49.6 Å². The first-order valence-electron chi connectivity index (χ1n) is 8.82. The summed E-state index contributed by atoms with van der Waals surface area (Å²) in [6, 6.07) is 8.92. The highest BCUT2D eigenvalue weighted by molar-refractivity contribution is 7.89. The maximum absolute atomic E-state index is 12.6. The molecule has 1 aliphatic carbocycles. The molecule has 0 spiro atoms. The summed E-state index contributed by atoms with van der Waals surface area (Å²) in [5.41, 5.74) is 1.54. The monoisotopic (exact) mass is 411 g/mol. The van der Waals surface area contributed by atoms with E-state index >= 15 is 0 Å². The number of nitrogens with zero attached hydrogens (tertiary/aromatic N) is 2. The Hall–Kier alpha value is -2.42. The summed E-state index contributed by atoms with van der Waals surface area (Å²) in [6.45, 7) is 1.87. The number of aryl methyl sites for hydroxylation is 1. The molecular formula is C19H20F3N3O2S. The van der Waals surface area contributed by atoms with Crippen LogP contribution >= 0.6 is 0 Å². The van der Waals surface area contributed by atoms with Gasteiger partial charge >= 0.3 is 6.18 Å². The third-order valence-corrected chi connectivity index (χ3v) is 5.99. The second-order valence-electron chi connectivity index (χ2n) is 6.83. The number of nitrogens with one attached hydrogen (secondary N) is 1. The molecule has 1 fully saturated rings. The minimum absolute atomic E-state index is 0.0856. The summed E-state index contributed by atoms with van der Waals surface area (Å²) in [6.07, 6.45) is -0.671. The van der Waals surface area contributed by atoms with E-state index in [1.807, 2.05) is 6.92 Å². The van der Waals surface area contributed by atoms with Crippen molar-refractivity contribution in [3.05, 3.63) is 59.4 Å². The number of rotatable bonds is 4. The SMILES string of the molecule is Cc1ccc(S(=O)(=O)NN=C2CCC(c3ccc(C(F)(F)F)nc3)CC2)cc1. The Kier molecular flexibility index (Phi) is 5.74. The Morgan fingerprint density at radius 2 is 1.71 bits per heavy atom. The summed E-state index contributed by atoms with van der Waals surface area (Å²) in [5.74, 6) is 0.0856. The Bertz CT molecular complexity index is 943. The van der Waals surface area contributed by atoms with Gasteiger partial charge in [-0.3, -0.25) is 4.98 Å². The summed E-state index contributed by atoms with van der Waals surface area (Å²) in [4.78, 5) is 5.92. The van der Waals surface area contributed by atoms with Gasteiger partial charge in [0, 0.05) is 11.9 Å². The van der Waals surface area contributed by atoms with Crippen molar-refractivity contribution < 1.29 is 21.6 Å². The molecule has 9 heteroatoms. The molecule has 0 bridgehead atoms. The number of sulfonamides is 1. The van der Waals surface area contributed by atoms with Crippen molar-refractivity contribution in [1.82, 2.24) is 9.82 Å². The topological polar surface area (TPSA) is 71.4 Å². The van der Waals surface area contributed by atoms with Gasteiger partial charge in [0.2, 0.25) is 0 Å². The second kappa shape index (κ2) is 7.90. The molecule has 1 aromatic heterocycles. The Morgan fingerprint density at radius 3 is 2.25 bits per heavy atom. The van der Waals surface area contributed by atoms with Crippen LogP contribution in [0, 0.1) is 6.92 Å². The number of alkyl halides is 3. The van der Waals surface area contributed by atoms with Crippen LogP contribution in [0.1, 0.15) is 48.4 Å². The molecule has 28 heavy (non-hydrogen) atoms. The number of hydrazone groups is 1. The van der Waals surface area contributed by atoms with E-state index in [0.29, 0.717) is 25.7 Å². The first-order chi connectivity index (χ1) is 13.1. The lowest BCUT2D eigenvalue weighted by Gasteiger charge is -2.23. The Morgan fingerprint density at radius 1 is 1.07 bits per heavy atom. The fourth-order valence-electron chi connectivity index (χ4n) is 3.11. The van der Waals surface area contributed by atoms with Gasteiger partial charge in [-0.15, -0.1) is 0 Å². The molecule has 0 atom stereocenters. The van der Waals surface area contributed by atoms with Gasteiger partial charge in [0.1, 0.15) is 5.69 Å². The number of pyridine rings is 1. The van der Waals surface area contributed by atoms with E-state index in [2.05, 4.69) is 14.9 Å². The average Bonchev–Trinajstić information content (AvgIpc) is 2.67. The van der Waals surface area contributed by atoms with Crippen LogP contribution in [0.15, 0.2) is 52.6 Å². The molecule has 1 saturated carbocycles. The van der Waals surface area contributed by atoms with E-state index in [-0.39, 0.29) is 10.8 Å². The number of hydrogen-bond donors (Lipinski definition) is 1. The van der Waals surface area contributed by atoms with Crippen molar-refractivity contribution >= 4 is 15.7 Å². The van der Waals surface area contributed by atoms with Gasteiger partial charge in [0.25, 0.3) is 10.0 Å². The van der Waals surface area contributed by atoms with E-state index in [4.69, 9.17) is 0 Å². The maximum Gasteiger partial charge on any atom is 0.433 e. The third-order valence-electron chi connectivity index (χ3n) is 4.77. The van der Waals surface area contributed by atoms with Crippen molar-refractivity contribution in [1.29, 1.82) is 0 Å². The highest BCUT2D eigenvalue weighted by atomic mass is 32.2. The lowest BCUT2D eigenvalue weighted by Crippen LogP contribution is -2.22. The van der Waals surface area contributed by atoms with E-state index in [1.54, 1.807) is 12.1 Å². The van der Waals surface area contributed by atoms with Crippen LogP contribution in [0.2, 0.25) is 0 Å². The van der Waals surface area contributed by atoms with E-state index in [1.165, 1.54) is 24.4 Å². The third kappa shape index (κ3) is 4.89. The van der Waals surface area contributed by atoms with Gasteiger partial charge in [-0.25, -0.2) is 4.83 Å². The van der Waals surface area contributed by atoms with E-state index < -0.39 is 21.9 Å². The second-order valence-corrected chi connectivity index (χ2v) is 8.50. The molecule has 2 aromatic rings. The smallest absolute Gasteiger partial charge is 0.251 e. The summed E-state index contributed by atoms with van der Waals surface area (Å²) in [7, 11) is -3.71. The molecule has 1 aliphatic rings. The molecule has 0 amide bonds. The molecule has 0 saturated heterocycles. The van der Waals surface area contributed by atoms with Crippen molar-refractivity contribution in [3.63, 3.8) is 0 Å². The zero-order valence-electron chi connectivity index (χ0n) is 15.2. The number of aromatic nitrogens is 1. The average molecular weight is 411 g/mol. The first kappa shape index (κ1) is 20.3. The highest BCUT2D eigenvalue weighted by Crippen LogP contribution is 2.33. The number of hydrogen-bond acceptors (Lipinski definition) is 4. The van der Waals surface area contributed by atoms with Gasteiger partial charge in [0.05, 0.1) is 4.90 Å². The van der Waals surface area contributed by atoms with Gasteiger partial charge in [-0.2, -0.15) is 26.7 Å². The van der Waals surface area contributed by atoms with Crippen LogP contribution in [0.25, 0.3) is 0 Å². The van der Waals surface area contributed by atoms with Crippen molar-refractivity contribution in [2.75, 3.05) is 0 Å². The number of benzene rings is 1. The fourth-order valence-corrected chi connectivity index (χ4v) is 3.95. The molecule has 0 aliphatic heterocycles. The fraction of sp³-hybridized carbons (Fsp3) is 0.368. The summed E-state index contributed by atoms with van der Waals surface area (Å²) in [5, 5.41) is 4.04. The van der Waals surface area contributed by atoms with Crippen molar-refractivity contribution in [3.8, 4) is 0 Å². The summed E-state index contributed by atoms with van der Waals surface area (Å²) >= 11 is 0. The standard InChI is InChI=1S/C19H20F3N3O2S/c1-13-2-9-17(10-3-13)28(26,27)25-24-16-7-4-14(5-8-16)15-6-11-18(23-12-15)19(20,21)22/h2-3,6,9-12,14,25H,4-5,7-8H2,1H3. The van der Waals surface area contributed by atoms with Gasteiger partial charge in [-0.05, 0) is 62.3 Å². The lowest BCUT2D eigenvalue weighted by atomic mass is 9.84. The summed E-state index contributed by atoms with van der Waals surface area (Å²) < 4.78 is 62.3. The first-order valence-corrected chi connectivity index (χ1v) is 10.3. The van der Waals surface area contributed by atoms with Crippen molar-refractivity contribution in [2.24, 2.45) is 5.10 Å². The molecule has 0 unspecified atom stereocenters. The van der Waals surface area contributed by atoms with E-state index in [0.717, 1.165) is 22.9 Å². The highest BCUT2D eigenvalue weighted by Gasteiger charge is 2.32. The molecule has 0 radical (unpaired) electrons. The molecule has 1 heterocycles. The minimum atomic E-state index is -4.44. The molecule has 3 rings (SSSR count). The Balaban J connectivity index is 1.59. The quantitative estimate of drug-likeness (QED) is 0.758. The Labute approximate surface area is 161 Å². The molecule has 1 aromatic carbocycles. The lowest BCUT2D eigenvalue weighted by molar-refractivity contribution is -0.141. The normalized spacial score (nSPS) is 18.0. The minimum Gasteiger partial charge on any atom is -0.251 e. The molecule has 5 nitrogen and oxygen atoms in total. The number of halogens is 3.